The first kappa shape index (κ1) is 17.4. The first-order valence-corrected chi connectivity index (χ1v) is 9.76. The molecule has 0 bridgehead atoms. The average Bonchev–Trinajstić information content (AvgIpc) is 3.23. The third-order valence-electron chi connectivity index (χ3n) is 4.87. The van der Waals surface area contributed by atoms with Crippen LogP contribution in [0.25, 0.3) is 0 Å². The minimum absolute atomic E-state index is 0.0556. The van der Waals surface area contributed by atoms with E-state index in [0.29, 0.717) is 19.8 Å². The summed E-state index contributed by atoms with van der Waals surface area (Å²) in [4.78, 5) is 0. The molecular weight excluding hydrogens is 298 g/mol. The lowest BCUT2D eigenvalue weighted by Crippen LogP contribution is -2.29. The zero-order valence-electron chi connectivity index (χ0n) is 13.7. The molecule has 0 heterocycles. The maximum absolute atomic E-state index is 12.5. The molecule has 1 aliphatic carbocycles. The van der Waals surface area contributed by atoms with Crippen LogP contribution in [0.1, 0.15) is 37.8 Å². The van der Waals surface area contributed by atoms with Gasteiger partial charge in [0.2, 0.25) is 0 Å². The molecule has 0 aliphatic heterocycles. The predicted octanol–water partition coefficient (Wildman–Crippen LogP) is 2.13. The van der Waals surface area contributed by atoms with E-state index in [2.05, 4.69) is 19.1 Å². The van der Waals surface area contributed by atoms with E-state index in [9.17, 15) is 8.42 Å². The monoisotopic (exact) mass is 325 g/mol. The second-order valence-corrected chi connectivity index (χ2v) is 8.43. The van der Waals surface area contributed by atoms with Gasteiger partial charge in [-0.05, 0) is 24.5 Å². The van der Waals surface area contributed by atoms with Gasteiger partial charge in [0.25, 0.3) is 0 Å². The molecular formula is C17H27NO3S. The van der Waals surface area contributed by atoms with Gasteiger partial charge in [-0.25, -0.2) is 8.42 Å². The Labute approximate surface area is 134 Å². The van der Waals surface area contributed by atoms with E-state index < -0.39 is 20.5 Å². The number of aryl methyl sites for hydroxylation is 1. The molecule has 0 amide bonds. The Kier molecular flexibility index (Phi) is 5.30. The van der Waals surface area contributed by atoms with Crippen LogP contribution in [0, 0.1) is 5.41 Å². The molecule has 2 rings (SSSR count). The minimum Gasteiger partial charge on any atom is -0.381 e. The number of hydrogen-bond acceptors (Lipinski definition) is 4. The Balaban J connectivity index is 2.37. The molecule has 2 N–H and O–H groups in total. The van der Waals surface area contributed by atoms with Gasteiger partial charge in [0.05, 0.1) is 11.9 Å². The lowest BCUT2D eigenvalue weighted by molar-refractivity contribution is 0.101. The third kappa shape index (κ3) is 2.94. The smallest absolute Gasteiger partial charge is 0.154 e. The quantitative estimate of drug-likeness (QED) is 0.795. The molecule has 124 valence electrons. The molecule has 0 aromatic heterocycles. The Bertz CT molecular complexity index is 597. The standard InChI is InChI=1S/C17H27NO3S/c1-4-13-7-9-14(10-8-13)15-16(22(19,20)6-3)17(15,11-18)12-21-5-2/h7-10,15-16H,4-6,11-12,18H2,1-3H3/t15-,16-,17-/m0/s1. The van der Waals surface area contributed by atoms with Gasteiger partial charge >= 0.3 is 0 Å². The van der Waals surface area contributed by atoms with Crippen LogP contribution in [0.4, 0.5) is 0 Å². The average molecular weight is 325 g/mol. The van der Waals surface area contributed by atoms with Crippen molar-refractivity contribution in [3.63, 3.8) is 0 Å². The highest BCUT2D eigenvalue weighted by atomic mass is 32.2. The number of rotatable bonds is 8. The van der Waals surface area contributed by atoms with E-state index in [0.717, 1.165) is 12.0 Å². The summed E-state index contributed by atoms with van der Waals surface area (Å²) in [5.74, 6) is 0.0923. The fourth-order valence-corrected chi connectivity index (χ4v) is 5.58. The topological polar surface area (TPSA) is 69.4 Å². The first-order valence-electron chi connectivity index (χ1n) is 8.05. The minimum atomic E-state index is -3.15. The largest absolute Gasteiger partial charge is 0.381 e. The third-order valence-corrected chi connectivity index (χ3v) is 7.19. The summed E-state index contributed by atoms with van der Waals surface area (Å²) in [6, 6.07) is 8.24. The van der Waals surface area contributed by atoms with Gasteiger partial charge in [-0.15, -0.1) is 0 Å². The number of nitrogens with two attached hydrogens (primary N) is 1. The highest BCUT2D eigenvalue weighted by Gasteiger charge is 2.69. The Morgan fingerprint density at radius 2 is 1.82 bits per heavy atom. The van der Waals surface area contributed by atoms with Gasteiger partial charge in [-0.1, -0.05) is 38.1 Å². The zero-order chi connectivity index (χ0) is 16.4. The van der Waals surface area contributed by atoms with Gasteiger partial charge in [-0.3, -0.25) is 0 Å². The van der Waals surface area contributed by atoms with Crippen molar-refractivity contribution in [1.29, 1.82) is 0 Å². The van der Waals surface area contributed by atoms with Crippen LogP contribution in [0.15, 0.2) is 24.3 Å². The molecule has 0 spiro atoms. The van der Waals surface area contributed by atoms with Crippen molar-refractivity contribution in [3.8, 4) is 0 Å². The Morgan fingerprint density at radius 1 is 1.18 bits per heavy atom. The number of sulfone groups is 1. The zero-order valence-corrected chi connectivity index (χ0v) is 14.5. The highest BCUT2D eigenvalue weighted by molar-refractivity contribution is 7.92. The lowest BCUT2D eigenvalue weighted by Gasteiger charge is -2.15. The molecule has 1 saturated carbocycles. The summed E-state index contributed by atoms with van der Waals surface area (Å²) in [7, 11) is -3.15. The predicted molar refractivity (Wildman–Crippen MR) is 89.8 cm³/mol. The van der Waals surface area contributed by atoms with Gasteiger partial charge in [0.15, 0.2) is 9.84 Å². The second-order valence-electron chi connectivity index (χ2n) is 6.02. The normalized spacial score (nSPS) is 27.8. The molecule has 0 radical (unpaired) electrons. The van der Waals surface area contributed by atoms with E-state index in [1.54, 1.807) is 6.92 Å². The van der Waals surface area contributed by atoms with Crippen molar-refractivity contribution >= 4 is 9.84 Å². The molecule has 1 aromatic carbocycles. The SMILES string of the molecule is CCOC[C@@]1(CN)[C@@H](c2ccc(CC)cc2)[C@@H]1S(=O)(=O)CC. The van der Waals surface area contributed by atoms with Gasteiger partial charge in [0, 0.05) is 30.2 Å². The van der Waals surface area contributed by atoms with Crippen LogP contribution in [0.2, 0.25) is 0 Å². The van der Waals surface area contributed by atoms with Crippen molar-refractivity contribution < 1.29 is 13.2 Å². The molecule has 1 aliphatic rings. The lowest BCUT2D eigenvalue weighted by atomic mass is 9.99. The fraction of sp³-hybridized carbons (Fsp3) is 0.647. The Morgan fingerprint density at radius 3 is 2.27 bits per heavy atom. The van der Waals surface area contributed by atoms with Crippen molar-refractivity contribution in [3.05, 3.63) is 35.4 Å². The molecule has 0 saturated heterocycles. The van der Waals surface area contributed by atoms with Gasteiger partial charge in [0.1, 0.15) is 0 Å². The van der Waals surface area contributed by atoms with Crippen LogP contribution in [0.3, 0.4) is 0 Å². The fourth-order valence-electron chi connectivity index (χ4n) is 3.43. The molecule has 4 nitrogen and oxygen atoms in total. The highest BCUT2D eigenvalue weighted by Crippen LogP contribution is 2.62. The number of hydrogen-bond donors (Lipinski definition) is 1. The molecule has 3 atom stereocenters. The molecule has 5 heteroatoms. The number of benzene rings is 1. The Hall–Kier alpha value is -0.910. The van der Waals surface area contributed by atoms with Crippen molar-refractivity contribution in [2.75, 3.05) is 25.5 Å². The van der Waals surface area contributed by atoms with Crippen molar-refractivity contribution in [1.82, 2.24) is 0 Å². The summed E-state index contributed by atoms with van der Waals surface area (Å²) in [6.07, 6.45) is 0.975. The van der Waals surface area contributed by atoms with Crippen molar-refractivity contribution in [2.45, 2.75) is 38.4 Å². The summed E-state index contributed by atoms with van der Waals surface area (Å²) in [5.41, 5.74) is 7.83. The summed E-state index contributed by atoms with van der Waals surface area (Å²) < 4.78 is 30.6. The maximum atomic E-state index is 12.5. The van der Waals surface area contributed by atoms with Crippen molar-refractivity contribution in [2.24, 2.45) is 11.1 Å². The number of ether oxygens (including phenoxy) is 1. The van der Waals surface area contributed by atoms with Crippen LogP contribution < -0.4 is 5.73 Å². The van der Waals surface area contributed by atoms with E-state index in [4.69, 9.17) is 10.5 Å². The maximum Gasteiger partial charge on any atom is 0.154 e. The summed E-state index contributed by atoms with van der Waals surface area (Å²) >= 11 is 0. The van der Waals surface area contributed by atoms with E-state index in [-0.39, 0.29) is 11.7 Å². The first-order chi connectivity index (χ1) is 10.5. The van der Waals surface area contributed by atoms with Crippen LogP contribution >= 0.6 is 0 Å². The molecule has 0 unspecified atom stereocenters. The van der Waals surface area contributed by atoms with Crippen LogP contribution in [-0.4, -0.2) is 39.2 Å². The van der Waals surface area contributed by atoms with Gasteiger partial charge < -0.3 is 10.5 Å². The molecule has 1 aromatic rings. The van der Waals surface area contributed by atoms with E-state index in [1.807, 2.05) is 19.1 Å². The van der Waals surface area contributed by atoms with Crippen LogP contribution in [-0.2, 0) is 21.0 Å². The van der Waals surface area contributed by atoms with Gasteiger partial charge in [-0.2, -0.15) is 0 Å². The van der Waals surface area contributed by atoms with E-state index in [1.165, 1.54) is 5.56 Å². The summed E-state index contributed by atoms with van der Waals surface area (Å²) in [6.45, 7) is 7.03. The molecule has 1 fully saturated rings. The second kappa shape index (κ2) is 6.69. The van der Waals surface area contributed by atoms with Crippen LogP contribution in [0.5, 0.6) is 0 Å². The van der Waals surface area contributed by atoms with E-state index >= 15 is 0 Å². The summed E-state index contributed by atoms with van der Waals surface area (Å²) in [5, 5.41) is -0.422. The molecule has 22 heavy (non-hydrogen) atoms.